The van der Waals surface area contributed by atoms with Crippen molar-refractivity contribution < 1.29 is 19.1 Å². The highest BCUT2D eigenvalue weighted by Gasteiger charge is 2.49. The van der Waals surface area contributed by atoms with Crippen LogP contribution in [0.25, 0.3) is 0 Å². The first-order valence-corrected chi connectivity index (χ1v) is 8.76. The molecule has 1 aromatic carbocycles. The quantitative estimate of drug-likeness (QED) is 0.658. The minimum absolute atomic E-state index is 0.171. The number of hydrogen-bond acceptors (Lipinski definition) is 8. The zero-order valence-electron chi connectivity index (χ0n) is 15.8. The van der Waals surface area contributed by atoms with Crippen molar-refractivity contribution in [3.8, 4) is 5.75 Å². The van der Waals surface area contributed by atoms with Gasteiger partial charge in [0.1, 0.15) is 30.3 Å². The van der Waals surface area contributed by atoms with Crippen molar-refractivity contribution in [2.45, 2.75) is 6.42 Å². The van der Waals surface area contributed by atoms with Gasteiger partial charge < -0.3 is 25.4 Å². The van der Waals surface area contributed by atoms with E-state index in [1.54, 1.807) is 13.2 Å². The molecule has 2 aromatic rings. The average molecular weight is 385 g/mol. The molecule has 1 fully saturated rings. The molecule has 1 aliphatic rings. The second kappa shape index (κ2) is 8.12. The van der Waals surface area contributed by atoms with Gasteiger partial charge in [0.25, 0.3) is 0 Å². The molecule has 0 radical (unpaired) electrons. The van der Waals surface area contributed by atoms with Crippen molar-refractivity contribution >= 4 is 23.5 Å². The summed E-state index contributed by atoms with van der Waals surface area (Å²) in [7, 11) is 2.88. The maximum Gasteiger partial charge on any atom is 0.325 e. The van der Waals surface area contributed by atoms with Crippen molar-refractivity contribution in [3.05, 3.63) is 42.2 Å². The van der Waals surface area contributed by atoms with Gasteiger partial charge in [0.2, 0.25) is 5.91 Å². The number of nitrogens with one attached hydrogen (secondary N) is 1. The standard InChI is InChI=1S/C19H23N5O4/c1-27-14-5-3-4-13(6-14)8-19(18(26)21-9-17(25)28-2)10-24(11-19)16-7-15(20)22-12-23-16/h3-7,12H,8-11H2,1-2H3,(H,21,26)(H2,20,22,23). The highest BCUT2D eigenvalue weighted by Crippen LogP contribution is 2.37. The van der Waals surface area contributed by atoms with Crippen LogP contribution in [0.4, 0.5) is 11.6 Å². The monoisotopic (exact) mass is 385 g/mol. The summed E-state index contributed by atoms with van der Waals surface area (Å²) in [5, 5.41) is 2.68. The van der Waals surface area contributed by atoms with Crippen molar-refractivity contribution in [1.82, 2.24) is 15.3 Å². The number of aromatic nitrogens is 2. The van der Waals surface area contributed by atoms with Crippen LogP contribution in [0.15, 0.2) is 36.7 Å². The second-order valence-electron chi connectivity index (χ2n) is 6.72. The Morgan fingerprint density at radius 3 is 2.71 bits per heavy atom. The van der Waals surface area contributed by atoms with E-state index in [1.807, 2.05) is 29.2 Å². The van der Waals surface area contributed by atoms with Gasteiger partial charge in [-0.2, -0.15) is 0 Å². The molecule has 0 spiro atoms. The number of nitrogens with two attached hydrogens (primary N) is 1. The van der Waals surface area contributed by atoms with E-state index in [4.69, 9.17) is 10.5 Å². The lowest BCUT2D eigenvalue weighted by Gasteiger charge is -2.49. The molecule has 0 unspecified atom stereocenters. The molecule has 1 saturated heterocycles. The highest BCUT2D eigenvalue weighted by molar-refractivity contribution is 5.89. The summed E-state index contributed by atoms with van der Waals surface area (Å²) in [6.07, 6.45) is 1.89. The number of anilines is 2. The third-order valence-electron chi connectivity index (χ3n) is 4.76. The van der Waals surface area contributed by atoms with Crippen LogP contribution in [0.2, 0.25) is 0 Å². The van der Waals surface area contributed by atoms with Gasteiger partial charge in [-0.05, 0) is 24.1 Å². The molecular formula is C19H23N5O4. The van der Waals surface area contributed by atoms with Gasteiger partial charge >= 0.3 is 5.97 Å². The Labute approximate surface area is 162 Å². The minimum atomic E-state index is -0.708. The summed E-state index contributed by atoms with van der Waals surface area (Å²) in [6, 6.07) is 9.26. The molecule has 9 heteroatoms. The van der Waals surface area contributed by atoms with E-state index in [2.05, 4.69) is 20.0 Å². The van der Waals surface area contributed by atoms with Gasteiger partial charge in [-0.3, -0.25) is 9.59 Å². The van der Waals surface area contributed by atoms with Gasteiger partial charge in [0.15, 0.2) is 0 Å². The van der Waals surface area contributed by atoms with Gasteiger partial charge in [-0.1, -0.05) is 12.1 Å². The van der Waals surface area contributed by atoms with Crippen LogP contribution in [0.3, 0.4) is 0 Å². The van der Waals surface area contributed by atoms with E-state index in [9.17, 15) is 9.59 Å². The Bertz CT molecular complexity index is 867. The first kappa shape index (κ1) is 19.4. The molecule has 3 N–H and O–H groups in total. The molecule has 0 saturated carbocycles. The minimum Gasteiger partial charge on any atom is -0.497 e. The van der Waals surface area contributed by atoms with E-state index >= 15 is 0 Å². The normalized spacial score (nSPS) is 14.7. The molecule has 0 atom stereocenters. The summed E-state index contributed by atoms with van der Waals surface area (Å²) in [5.41, 5.74) is 5.99. The van der Waals surface area contributed by atoms with E-state index in [0.29, 0.717) is 31.1 Å². The molecule has 1 aliphatic heterocycles. The zero-order valence-corrected chi connectivity index (χ0v) is 15.8. The van der Waals surface area contributed by atoms with Gasteiger partial charge in [-0.15, -0.1) is 0 Å². The molecular weight excluding hydrogens is 362 g/mol. The molecule has 1 aromatic heterocycles. The van der Waals surface area contributed by atoms with Crippen LogP contribution in [0, 0.1) is 5.41 Å². The number of nitrogens with zero attached hydrogens (tertiary/aromatic N) is 3. The van der Waals surface area contributed by atoms with Crippen molar-refractivity contribution in [3.63, 3.8) is 0 Å². The molecule has 0 aliphatic carbocycles. The van der Waals surface area contributed by atoms with Crippen LogP contribution in [-0.4, -0.2) is 55.7 Å². The molecule has 0 bridgehead atoms. The third kappa shape index (κ3) is 4.13. The van der Waals surface area contributed by atoms with Crippen molar-refractivity contribution in [2.75, 3.05) is 44.5 Å². The predicted octanol–water partition coefficient (Wildman–Crippen LogP) is 0.406. The number of amides is 1. The maximum atomic E-state index is 12.9. The number of esters is 1. The summed E-state index contributed by atoms with van der Waals surface area (Å²) < 4.78 is 9.88. The van der Waals surface area contributed by atoms with Gasteiger partial charge in [0.05, 0.1) is 19.6 Å². The number of nitrogen functional groups attached to an aromatic ring is 1. The van der Waals surface area contributed by atoms with Crippen molar-refractivity contribution in [1.29, 1.82) is 0 Å². The summed E-state index contributed by atoms with van der Waals surface area (Å²) in [4.78, 5) is 34.4. The lowest BCUT2D eigenvalue weighted by molar-refractivity contribution is -0.143. The van der Waals surface area contributed by atoms with E-state index in [1.165, 1.54) is 13.4 Å². The Morgan fingerprint density at radius 2 is 2.04 bits per heavy atom. The molecule has 148 valence electrons. The number of carbonyl (C=O) groups excluding carboxylic acids is 2. The Morgan fingerprint density at radius 1 is 1.25 bits per heavy atom. The number of carbonyl (C=O) groups is 2. The number of rotatable bonds is 7. The SMILES string of the molecule is COC(=O)CNC(=O)C1(Cc2cccc(OC)c2)CN(c2cc(N)ncn2)C1. The fourth-order valence-electron chi connectivity index (χ4n) is 3.30. The fraction of sp³-hybridized carbons (Fsp3) is 0.368. The fourth-order valence-corrected chi connectivity index (χ4v) is 3.30. The number of benzene rings is 1. The van der Waals surface area contributed by atoms with E-state index in [0.717, 1.165) is 11.3 Å². The summed E-state index contributed by atoms with van der Waals surface area (Å²) >= 11 is 0. The van der Waals surface area contributed by atoms with Gasteiger partial charge in [-0.25, -0.2) is 9.97 Å². The second-order valence-corrected chi connectivity index (χ2v) is 6.72. The molecule has 3 rings (SSSR count). The summed E-state index contributed by atoms with van der Waals surface area (Å²) in [5.74, 6) is 1.05. The zero-order chi connectivity index (χ0) is 20.1. The molecule has 2 heterocycles. The Balaban J connectivity index is 1.79. The molecule has 28 heavy (non-hydrogen) atoms. The molecule has 9 nitrogen and oxygen atoms in total. The van der Waals surface area contributed by atoms with E-state index < -0.39 is 11.4 Å². The Hall–Kier alpha value is -3.36. The topological polar surface area (TPSA) is 120 Å². The lowest BCUT2D eigenvalue weighted by atomic mass is 9.73. The van der Waals surface area contributed by atoms with Crippen molar-refractivity contribution in [2.24, 2.45) is 5.41 Å². The van der Waals surface area contributed by atoms with Gasteiger partial charge in [0, 0.05) is 19.2 Å². The predicted molar refractivity (Wildman–Crippen MR) is 103 cm³/mol. The number of ether oxygens (including phenoxy) is 2. The van der Waals surface area contributed by atoms with Crippen LogP contribution in [0.1, 0.15) is 5.56 Å². The summed E-state index contributed by atoms with van der Waals surface area (Å²) in [6.45, 7) is 0.705. The lowest BCUT2D eigenvalue weighted by Crippen LogP contribution is -2.65. The van der Waals surface area contributed by atoms with Crippen LogP contribution < -0.4 is 20.7 Å². The first-order valence-electron chi connectivity index (χ1n) is 8.76. The molecule has 1 amide bonds. The van der Waals surface area contributed by atoms with E-state index in [-0.39, 0.29) is 12.5 Å². The smallest absolute Gasteiger partial charge is 0.325 e. The van der Waals surface area contributed by atoms with Crippen LogP contribution in [0.5, 0.6) is 5.75 Å². The maximum absolute atomic E-state index is 12.9. The Kier molecular flexibility index (Phi) is 5.62. The number of methoxy groups -OCH3 is 2. The first-order chi connectivity index (χ1) is 13.5. The largest absolute Gasteiger partial charge is 0.497 e. The van der Waals surface area contributed by atoms with Crippen LogP contribution >= 0.6 is 0 Å². The average Bonchev–Trinajstić information content (AvgIpc) is 2.68. The van der Waals surface area contributed by atoms with Crippen LogP contribution in [-0.2, 0) is 20.7 Å². The highest BCUT2D eigenvalue weighted by atomic mass is 16.5. The third-order valence-corrected chi connectivity index (χ3v) is 4.76. The number of hydrogen-bond donors (Lipinski definition) is 2.